The first-order valence-electron chi connectivity index (χ1n) is 6.74. The lowest BCUT2D eigenvalue weighted by molar-refractivity contribution is 0.0250. The van der Waals surface area contributed by atoms with E-state index in [4.69, 9.17) is 10.5 Å². The van der Waals surface area contributed by atoms with Crippen LogP contribution in [-0.4, -0.2) is 27.2 Å². The molecule has 5 nitrogen and oxygen atoms in total. The monoisotopic (exact) mass is 298 g/mol. The van der Waals surface area contributed by atoms with Gasteiger partial charge >= 0.3 is 0 Å². The van der Waals surface area contributed by atoms with Crippen molar-refractivity contribution in [2.24, 2.45) is 0 Å². The van der Waals surface area contributed by atoms with Crippen molar-refractivity contribution < 1.29 is 13.2 Å². The number of hydrogen-bond donors (Lipinski definition) is 2. The van der Waals surface area contributed by atoms with E-state index in [0.29, 0.717) is 12.3 Å². The zero-order valence-corrected chi connectivity index (χ0v) is 13.0. The average Bonchev–Trinajstić information content (AvgIpc) is 2.79. The van der Waals surface area contributed by atoms with Gasteiger partial charge in [-0.15, -0.1) is 0 Å². The average molecular weight is 298 g/mol. The van der Waals surface area contributed by atoms with Crippen LogP contribution in [0, 0.1) is 13.8 Å². The zero-order chi connectivity index (χ0) is 15.0. The summed E-state index contributed by atoms with van der Waals surface area (Å²) >= 11 is 0. The van der Waals surface area contributed by atoms with Crippen LogP contribution in [-0.2, 0) is 14.8 Å². The quantitative estimate of drug-likeness (QED) is 0.830. The number of nitrogens with two attached hydrogens (primary N) is 1. The molecular weight excluding hydrogens is 276 g/mol. The van der Waals surface area contributed by atoms with E-state index in [1.54, 1.807) is 13.0 Å². The van der Waals surface area contributed by atoms with Crippen LogP contribution in [0.3, 0.4) is 0 Å². The molecule has 0 aliphatic carbocycles. The molecule has 1 aliphatic rings. The Morgan fingerprint density at radius 2 is 2.10 bits per heavy atom. The van der Waals surface area contributed by atoms with E-state index in [-0.39, 0.29) is 11.4 Å². The highest BCUT2D eigenvalue weighted by Crippen LogP contribution is 2.26. The Hall–Kier alpha value is -1.11. The third-order valence-corrected chi connectivity index (χ3v) is 5.40. The van der Waals surface area contributed by atoms with E-state index >= 15 is 0 Å². The number of nitrogens with one attached hydrogen (secondary N) is 1. The van der Waals surface area contributed by atoms with E-state index in [1.807, 2.05) is 13.8 Å². The molecule has 1 aliphatic heterocycles. The molecule has 1 unspecified atom stereocenters. The summed E-state index contributed by atoms with van der Waals surface area (Å²) in [5.74, 6) is 0. The maximum atomic E-state index is 12.4. The summed E-state index contributed by atoms with van der Waals surface area (Å²) in [4.78, 5) is 0.247. The molecule has 1 aromatic rings. The fraction of sp³-hybridized carbons (Fsp3) is 0.571. The van der Waals surface area contributed by atoms with Gasteiger partial charge in [-0.1, -0.05) is 0 Å². The Balaban J connectivity index is 2.22. The summed E-state index contributed by atoms with van der Waals surface area (Å²) in [6, 6.07) is 3.28. The number of nitrogen functional groups attached to an aromatic ring is 1. The lowest BCUT2D eigenvalue weighted by Crippen LogP contribution is -2.40. The number of rotatable bonds is 4. The molecule has 0 amide bonds. The molecule has 1 fully saturated rings. The smallest absolute Gasteiger partial charge is 0.241 e. The van der Waals surface area contributed by atoms with Crippen molar-refractivity contribution in [2.75, 3.05) is 18.9 Å². The van der Waals surface area contributed by atoms with Gasteiger partial charge < -0.3 is 10.5 Å². The van der Waals surface area contributed by atoms with E-state index in [2.05, 4.69) is 4.72 Å². The number of anilines is 1. The predicted octanol–water partition coefficient (Wildman–Crippen LogP) is 1.73. The molecule has 1 saturated heterocycles. The minimum absolute atomic E-state index is 0.247. The van der Waals surface area contributed by atoms with Crippen molar-refractivity contribution in [2.45, 2.75) is 44.1 Å². The first kappa shape index (κ1) is 15.3. The van der Waals surface area contributed by atoms with E-state index in [0.717, 1.165) is 24.0 Å². The van der Waals surface area contributed by atoms with E-state index in [1.165, 1.54) is 6.07 Å². The number of benzene rings is 1. The molecule has 0 saturated carbocycles. The SMILES string of the molecule is Cc1cc(N)cc(S(=O)(=O)NCC2(C)CCCO2)c1C. The molecule has 0 radical (unpaired) electrons. The highest BCUT2D eigenvalue weighted by atomic mass is 32.2. The summed E-state index contributed by atoms with van der Waals surface area (Å²) in [6.07, 6.45) is 1.83. The molecule has 112 valence electrons. The van der Waals surface area contributed by atoms with Gasteiger partial charge in [0, 0.05) is 18.8 Å². The van der Waals surface area contributed by atoms with Gasteiger partial charge in [0.25, 0.3) is 0 Å². The molecule has 0 bridgehead atoms. The van der Waals surface area contributed by atoms with Crippen LogP contribution in [0.15, 0.2) is 17.0 Å². The summed E-state index contributed by atoms with van der Waals surface area (Å²) in [6.45, 7) is 6.54. The standard InChI is InChI=1S/C14H22N2O3S/c1-10-7-12(15)8-13(11(10)2)20(17,18)16-9-14(3)5-4-6-19-14/h7-8,16H,4-6,9,15H2,1-3H3. The second kappa shape index (κ2) is 5.35. The number of hydrogen-bond acceptors (Lipinski definition) is 4. The molecule has 1 aromatic carbocycles. The minimum Gasteiger partial charge on any atom is -0.399 e. The summed E-state index contributed by atoms with van der Waals surface area (Å²) in [7, 11) is -3.57. The van der Waals surface area contributed by atoms with Gasteiger partial charge in [-0.05, 0) is 56.9 Å². The largest absolute Gasteiger partial charge is 0.399 e. The topological polar surface area (TPSA) is 81.4 Å². The molecule has 1 atom stereocenters. The molecule has 20 heavy (non-hydrogen) atoms. The first-order chi connectivity index (χ1) is 9.23. The summed E-state index contributed by atoms with van der Waals surface area (Å²) in [5, 5.41) is 0. The number of sulfonamides is 1. The first-order valence-corrected chi connectivity index (χ1v) is 8.22. The van der Waals surface area contributed by atoms with Crippen molar-refractivity contribution in [1.29, 1.82) is 0 Å². The molecule has 6 heteroatoms. The highest BCUT2D eigenvalue weighted by Gasteiger charge is 2.31. The van der Waals surface area contributed by atoms with Crippen LogP contribution in [0.4, 0.5) is 5.69 Å². The molecular formula is C14H22N2O3S. The van der Waals surface area contributed by atoms with Crippen molar-refractivity contribution in [3.05, 3.63) is 23.3 Å². The molecule has 0 aromatic heterocycles. The predicted molar refractivity (Wildman–Crippen MR) is 79.1 cm³/mol. The van der Waals surface area contributed by atoms with Gasteiger partial charge in [-0.3, -0.25) is 0 Å². The Kier molecular flexibility index (Phi) is 4.09. The molecule has 1 heterocycles. The van der Waals surface area contributed by atoms with Gasteiger partial charge in [-0.2, -0.15) is 0 Å². The van der Waals surface area contributed by atoms with Crippen LogP contribution < -0.4 is 10.5 Å². The van der Waals surface area contributed by atoms with Crippen molar-refractivity contribution >= 4 is 15.7 Å². The maximum absolute atomic E-state index is 12.4. The maximum Gasteiger partial charge on any atom is 0.241 e. The Labute approximate surface area is 120 Å². The van der Waals surface area contributed by atoms with Crippen molar-refractivity contribution in [3.8, 4) is 0 Å². The summed E-state index contributed by atoms with van der Waals surface area (Å²) in [5.41, 5.74) is 7.40. The lowest BCUT2D eigenvalue weighted by atomic mass is 10.0. The second-order valence-electron chi connectivity index (χ2n) is 5.69. The Morgan fingerprint density at radius 3 is 2.70 bits per heavy atom. The van der Waals surface area contributed by atoms with E-state index in [9.17, 15) is 8.42 Å². The highest BCUT2D eigenvalue weighted by molar-refractivity contribution is 7.89. The zero-order valence-electron chi connectivity index (χ0n) is 12.2. The molecule has 2 rings (SSSR count). The Bertz CT molecular complexity index is 605. The van der Waals surface area contributed by atoms with Crippen molar-refractivity contribution in [1.82, 2.24) is 4.72 Å². The number of ether oxygens (including phenoxy) is 1. The third kappa shape index (κ3) is 3.13. The van der Waals surface area contributed by atoms with E-state index < -0.39 is 15.6 Å². The van der Waals surface area contributed by atoms with Gasteiger partial charge in [0.05, 0.1) is 10.5 Å². The molecule has 0 spiro atoms. The van der Waals surface area contributed by atoms with Gasteiger partial charge in [0.1, 0.15) is 0 Å². The second-order valence-corrected chi connectivity index (χ2v) is 7.42. The van der Waals surface area contributed by atoms with Gasteiger partial charge in [-0.25, -0.2) is 13.1 Å². The van der Waals surface area contributed by atoms with Crippen LogP contribution in [0.5, 0.6) is 0 Å². The van der Waals surface area contributed by atoms with Crippen LogP contribution in [0.1, 0.15) is 30.9 Å². The lowest BCUT2D eigenvalue weighted by Gasteiger charge is -2.23. The van der Waals surface area contributed by atoms with Crippen LogP contribution in [0.2, 0.25) is 0 Å². The van der Waals surface area contributed by atoms with Crippen molar-refractivity contribution in [3.63, 3.8) is 0 Å². The Morgan fingerprint density at radius 1 is 1.40 bits per heavy atom. The fourth-order valence-electron chi connectivity index (χ4n) is 2.43. The number of aryl methyl sites for hydroxylation is 1. The van der Waals surface area contributed by atoms with Crippen LogP contribution >= 0.6 is 0 Å². The van der Waals surface area contributed by atoms with Crippen LogP contribution in [0.25, 0.3) is 0 Å². The fourth-order valence-corrected chi connectivity index (χ4v) is 3.94. The summed E-state index contributed by atoms with van der Waals surface area (Å²) < 4.78 is 33.1. The minimum atomic E-state index is -3.57. The molecule has 3 N–H and O–H groups in total. The van der Waals surface area contributed by atoms with Gasteiger partial charge in [0.15, 0.2) is 0 Å². The van der Waals surface area contributed by atoms with Gasteiger partial charge in [0.2, 0.25) is 10.0 Å². The normalized spacial score (nSPS) is 23.1. The third-order valence-electron chi connectivity index (χ3n) is 3.87.